The molecule has 3 heterocycles. The minimum absolute atomic E-state index is 0.639. The van der Waals surface area contributed by atoms with Crippen LogP contribution in [0.25, 0.3) is 38.5 Å². The topological polar surface area (TPSA) is 30.2 Å². The molecule has 0 amide bonds. The van der Waals surface area contributed by atoms with Crippen LogP contribution in [0.3, 0.4) is 0 Å². The minimum Gasteiger partial charge on any atom is -0.292 e. The summed E-state index contributed by atoms with van der Waals surface area (Å²) in [4.78, 5) is 9.79. The Labute approximate surface area is 157 Å². The van der Waals surface area contributed by atoms with Crippen LogP contribution in [0.5, 0.6) is 0 Å². The van der Waals surface area contributed by atoms with Crippen molar-refractivity contribution in [2.45, 2.75) is 38.0 Å². The SMILES string of the molecule is c1ccc2c(c1)nc1c3cccnc3c3c(C4CCCCC4)cccc3n21. The highest BCUT2D eigenvalue weighted by molar-refractivity contribution is 6.13. The zero-order valence-electron chi connectivity index (χ0n) is 15.2. The summed E-state index contributed by atoms with van der Waals surface area (Å²) in [6.07, 6.45) is 8.53. The van der Waals surface area contributed by atoms with Crippen molar-refractivity contribution in [1.82, 2.24) is 14.4 Å². The molecule has 132 valence electrons. The van der Waals surface area contributed by atoms with E-state index in [1.165, 1.54) is 54.1 Å². The predicted octanol–water partition coefficient (Wildman–Crippen LogP) is 6.24. The predicted molar refractivity (Wildman–Crippen MR) is 111 cm³/mol. The molecule has 3 aromatic heterocycles. The zero-order chi connectivity index (χ0) is 17.8. The minimum atomic E-state index is 0.639. The molecule has 0 saturated heterocycles. The lowest BCUT2D eigenvalue weighted by molar-refractivity contribution is 0.445. The average Bonchev–Trinajstić information content (AvgIpc) is 3.14. The molecule has 0 atom stereocenters. The Balaban J connectivity index is 1.85. The molecule has 0 aliphatic heterocycles. The summed E-state index contributed by atoms with van der Waals surface area (Å²) in [5.74, 6) is 0.639. The van der Waals surface area contributed by atoms with Gasteiger partial charge in [-0.2, -0.15) is 0 Å². The lowest BCUT2D eigenvalue weighted by Gasteiger charge is -2.24. The standard InChI is InChI=1S/C24H21N3/c1-2-8-16(9-3-1)17-10-6-14-21-22(17)23-18(11-7-15-25-23)24-26-19-12-4-5-13-20(19)27(21)24/h4-7,10-16H,1-3,8-9H2. The first-order valence-electron chi connectivity index (χ1n) is 9.98. The molecule has 1 aliphatic carbocycles. The lowest BCUT2D eigenvalue weighted by Crippen LogP contribution is -2.06. The van der Waals surface area contributed by atoms with Crippen LogP contribution in [-0.4, -0.2) is 14.4 Å². The van der Waals surface area contributed by atoms with Crippen molar-refractivity contribution >= 4 is 38.5 Å². The van der Waals surface area contributed by atoms with E-state index in [1.54, 1.807) is 0 Å². The number of hydrogen-bond donors (Lipinski definition) is 0. The summed E-state index contributed by atoms with van der Waals surface area (Å²) in [5, 5.41) is 2.46. The van der Waals surface area contributed by atoms with Crippen molar-refractivity contribution in [1.29, 1.82) is 0 Å². The van der Waals surface area contributed by atoms with Gasteiger partial charge < -0.3 is 0 Å². The summed E-state index contributed by atoms with van der Waals surface area (Å²) in [7, 11) is 0. The first kappa shape index (κ1) is 15.2. The maximum Gasteiger partial charge on any atom is 0.147 e. The summed E-state index contributed by atoms with van der Waals surface area (Å²) in [5.41, 5.74) is 7.01. The van der Waals surface area contributed by atoms with Gasteiger partial charge in [0, 0.05) is 17.0 Å². The zero-order valence-corrected chi connectivity index (χ0v) is 15.2. The molecule has 0 radical (unpaired) electrons. The van der Waals surface area contributed by atoms with Gasteiger partial charge in [0.05, 0.1) is 22.1 Å². The third-order valence-corrected chi connectivity index (χ3v) is 6.21. The molecule has 6 rings (SSSR count). The summed E-state index contributed by atoms with van der Waals surface area (Å²) in [6, 6.07) is 19.4. The monoisotopic (exact) mass is 351 g/mol. The maximum absolute atomic E-state index is 4.96. The van der Waals surface area contributed by atoms with Gasteiger partial charge in [-0.05, 0) is 54.7 Å². The number of rotatable bonds is 1. The van der Waals surface area contributed by atoms with E-state index in [2.05, 4.69) is 52.9 Å². The number of para-hydroxylation sites is 2. The second kappa shape index (κ2) is 5.78. The van der Waals surface area contributed by atoms with Crippen molar-refractivity contribution in [2.24, 2.45) is 0 Å². The lowest BCUT2D eigenvalue weighted by atomic mass is 9.82. The number of nitrogens with zero attached hydrogens (tertiary/aromatic N) is 3. The van der Waals surface area contributed by atoms with Crippen LogP contribution in [0.15, 0.2) is 60.8 Å². The quantitative estimate of drug-likeness (QED) is 0.335. The highest BCUT2D eigenvalue weighted by Gasteiger charge is 2.21. The molecule has 0 spiro atoms. The second-order valence-corrected chi connectivity index (χ2v) is 7.74. The summed E-state index contributed by atoms with van der Waals surface area (Å²) >= 11 is 0. The molecular formula is C24H21N3. The van der Waals surface area contributed by atoms with E-state index in [9.17, 15) is 0 Å². The van der Waals surface area contributed by atoms with Crippen LogP contribution < -0.4 is 0 Å². The van der Waals surface area contributed by atoms with Gasteiger partial charge in [0.2, 0.25) is 0 Å². The molecule has 0 bridgehead atoms. The van der Waals surface area contributed by atoms with Crippen molar-refractivity contribution in [3.63, 3.8) is 0 Å². The molecule has 0 N–H and O–H groups in total. The molecule has 3 heteroatoms. The van der Waals surface area contributed by atoms with E-state index in [4.69, 9.17) is 9.97 Å². The van der Waals surface area contributed by atoms with Gasteiger partial charge in [0.25, 0.3) is 0 Å². The number of pyridine rings is 2. The van der Waals surface area contributed by atoms with Crippen molar-refractivity contribution in [3.8, 4) is 0 Å². The Morgan fingerprint density at radius 3 is 2.59 bits per heavy atom. The largest absolute Gasteiger partial charge is 0.292 e. The fraction of sp³-hybridized carbons (Fsp3) is 0.250. The number of aromatic nitrogens is 3. The Kier molecular flexibility index (Phi) is 3.24. The summed E-state index contributed by atoms with van der Waals surface area (Å²) < 4.78 is 2.33. The van der Waals surface area contributed by atoms with Gasteiger partial charge in [-0.3, -0.25) is 9.38 Å². The third kappa shape index (κ3) is 2.14. The first-order chi connectivity index (χ1) is 13.4. The fourth-order valence-corrected chi connectivity index (χ4v) is 4.99. The average molecular weight is 351 g/mol. The van der Waals surface area contributed by atoms with Crippen LogP contribution in [0.1, 0.15) is 43.6 Å². The normalized spacial score (nSPS) is 16.0. The van der Waals surface area contributed by atoms with Gasteiger partial charge in [-0.15, -0.1) is 0 Å². The van der Waals surface area contributed by atoms with Crippen molar-refractivity contribution < 1.29 is 0 Å². The van der Waals surface area contributed by atoms with Crippen LogP contribution in [0.4, 0.5) is 0 Å². The highest BCUT2D eigenvalue weighted by atomic mass is 15.0. The van der Waals surface area contributed by atoms with Crippen LogP contribution in [-0.2, 0) is 0 Å². The Morgan fingerprint density at radius 1 is 0.815 bits per heavy atom. The molecule has 1 aliphatic rings. The molecule has 5 aromatic rings. The molecule has 3 nitrogen and oxygen atoms in total. The number of imidazole rings is 1. The smallest absolute Gasteiger partial charge is 0.147 e. The Morgan fingerprint density at radius 2 is 1.67 bits per heavy atom. The molecule has 2 aromatic carbocycles. The fourth-order valence-electron chi connectivity index (χ4n) is 4.99. The number of fused-ring (bicyclic) bond motifs is 8. The molecule has 1 fully saturated rings. The Hall–Kier alpha value is -2.94. The van der Waals surface area contributed by atoms with E-state index in [0.717, 1.165) is 22.1 Å². The molecule has 0 unspecified atom stereocenters. The van der Waals surface area contributed by atoms with Gasteiger partial charge >= 0.3 is 0 Å². The van der Waals surface area contributed by atoms with Gasteiger partial charge in [0.1, 0.15) is 5.65 Å². The number of hydrogen-bond acceptors (Lipinski definition) is 2. The van der Waals surface area contributed by atoms with Crippen molar-refractivity contribution in [3.05, 3.63) is 66.4 Å². The number of benzene rings is 2. The van der Waals surface area contributed by atoms with Gasteiger partial charge in [-0.25, -0.2) is 4.98 Å². The van der Waals surface area contributed by atoms with E-state index in [1.807, 2.05) is 12.3 Å². The summed E-state index contributed by atoms with van der Waals surface area (Å²) in [6.45, 7) is 0. The van der Waals surface area contributed by atoms with E-state index in [0.29, 0.717) is 5.92 Å². The third-order valence-electron chi connectivity index (χ3n) is 6.21. The van der Waals surface area contributed by atoms with Crippen LogP contribution in [0.2, 0.25) is 0 Å². The molecule has 27 heavy (non-hydrogen) atoms. The van der Waals surface area contributed by atoms with Crippen LogP contribution in [0, 0.1) is 0 Å². The first-order valence-corrected chi connectivity index (χ1v) is 9.98. The van der Waals surface area contributed by atoms with E-state index in [-0.39, 0.29) is 0 Å². The van der Waals surface area contributed by atoms with Gasteiger partial charge in [0.15, 0.2) is 0 Å². The van der Waals surface area contributed by atoms with Crippen molar-refractivity contribution in [2.75, 3.05) is 0 Å². The molecule has 1 saturated carbocycles. The van der Waals surface area contributed by atoms with E-state index < -0.39 is 0 Å². The van der Waals surface area contributed by atoms with Gasteiger partial charge in [-0.1, -0.05) is 43.5 Å². The second-order valence-electron chi connectivity index (χ2n) is 7.74. The Bertz CT molecular complexity index is 1310. The van der Waals surface area contributed by atoms with Crippen LogP contribution >= 0.6 is 0 Å². The highest BCUT2D eigenvalue weighted by Crippen LogP contribution is 2.40. The van der Waals surface area contributed by atoms with E-state index >= 15 is 0 Å². The molecular weight excluding hydrogens is 330 g/mol. The maximum atomic E-state index is 4.96.